The highest BCUT2D eigenvalue weighted by atomic mass is 32.1. The molecule has 0 unspecified atom stereocenters. The van der Waals surface area contributed by atoms with Crippen molar-refractivity contribution in [1.29, 1.82) is 0 Å². The highest BCUT2D eigenvalue weighted by Gasteiger charge is 2.36. The number of nitrogens with one attached hydrogen (secondary N) is 2. The van der Waals surface area contributed by atoms with Crippen molar-refractivity contribution in [2.75, 3.05) is 10.6 Å². The highest BCUT2D eigenvalue weighted by molar-refractivity contribution is 7.71. The number of hydrogen-bond donors (Lipinski definition) is 2. The maximum atomic E-state index is 12.9. The second-order valence-electron chi connectivity index (χ2n) is 3.12. The predicted octanol–water partition coefficient (Wildman–Crippen LogP) is 3.14. The third-order valence-corrected chi connectivity index (χ3v) is 2.22. The van der Waals surface area contributed by atoms with Gasteiger partial charge >= 0.3 is 11.1 Å². The minimum absolute atomic E-state index is 0.0274. The minimum atomic E-state index is -3.14. The summed E-state index contributed by atoms with van der Waals surface area (Å²) in [5, 5.41) is 3.99. The molecule has 15 heavy (non-hydrogen) atoms. The molecular weight excluding hydrogens is 226 g/mol. The molecule has 0 bridgehead atoms. The Bertz CT molecular complexity index is 556. The van der Waals surface area contributed by atoms with Crippen molar-refractivity contribution in [1.82, 2.24) is 0 Å². The number of alkyl halides is 2. The first-order valence-electron chi connectivity index (χ1n) is 4.05. The van der Waals surface area contributed by atoms with E-state index in [1.54, 1.807) is 0 Å². The lowest BCUT2D eigenvalue weighted by Crippen LogP contribution is -2.30. The zero-order chi connectivity index (χ0) is 10.6. The number of hydrogen-bond acceptors (Lipinski definition) is 5. The van der Waals surface area contributed by atoms with E-state index in [0.717, 1.165) is 0 Å². The molecule has 0 aliphatic carbocycles. The summed E-state index contributed by atoms with van der Waals surface area (Å²) in [5.74, 6) is 0. The van der Waals surface area contributed by atoms with Gasteiger partial charge in [0.2, 0.25) is 0 Å². The van der Waals surface area contributed by atoms with E-state index >= 15 is 0 Å². The Hall–Kier alpha value is -1.63. The lowest BCUT2D eigenvalue weighted by molar-refractivity contribution is 0.0705. The fourth-order valence-corrected chi connectivity index (χ4v) is 1.68. The van der Waals surface area contributed by atoms with Gasteiger partial charge in [0.15, 0.2) is 11.2 Å². The van der Waals surface area contributed by atoms with Crippen LogP contribution in [0.5, 0.6) is 0 Å². The van der Waals surface area contributed by atoms with Crippen LogP contribution < -0.4 is 10.6 Å². The van der Waals surface area contributed by atoms with Gasteiger partial charge < -0.3 is 19.5 Å². The summed E-state index contributed by atoms with van der Waals surface area (Å²) in [6, 6.07) is 2.83. The molecule has 0 saturated heterocycles. The van der Waals surface area contributed by atoms with Gasteiger partial charge in [0, 0.05) is 24.4 Å². The maximum absolute atomic E-state index is 12.9. The van der Waals surface area contributed by atoms with Crippen LogP contribution >= 0.6 is 12.2 Å². The molecule has 0 radical (unpaired) electrons. The molecule has 0 atom stereocenters. The van der Waals surface area contributed by atoms with E-state index in [1.165, 1.54) is 12.1 Å². The molecule has 2 N–H and O–H groups in total. The fourth-order valence-electron chi connectivity index (χ4n) is 1.50. The Morgan fingerprint density at radius 1 is 1.07 bits per heavy atom. The van der Waals surface area contributed by atoms with E-state index in [1.807, 2.05) is 10.6 Å². The molecule has 3 rings (SSSR count). The van der Waals surface area contributed by atoms with Gasteiger partial charge in [0.1, 0.15) is 0 Å². The first-order valence-corrected chi connectivity index (χ1v) is 4.46. The van der Waals surface area contributed by atoms with E-state index < -0.39 is 6.17 Å². The summed E-state index contributed by atoms with van der Waals surface area (Å²) in [6.45, 7) is 0. The van der Waals surface area contributed by atoms with E-state index in [9.17, 15) is 8.78 Å². The predicted molar refractivity (Wildman–Crippen MR) is 51.5 cm³/mol. The van der Waals surface area contributed by atoms with E-state index in [0.29, 0.717) is 11.2 Å². The lowest BCUT2D eigenvalue weighted by Gasteiger charge is -2.08. The Balaban J connectivity index is 2.25. The van der Waals surface area contributed by atoms with Crippen molar-refractivity contribution in [2.45, 2.75) is 6.17 Å². The molecule has 2 aromatic rings. The van der Waals surface area contributed by atoms with Crippen LogP contribution in [0.3, 0.4) is 0 Å². The van der Waals surface area contributed by atoms with Gasteiger partial charge in [-0.25, -0.2) is 0 Å². The number of rotatable bonds is 0. The molecule has 1 aliphatic heterocycles. The Labute approximate surface area is 86.9 Å². The normalized spacial score (nSPS) is 17.2. The average molecular weight is 230 g/mol. The second kappa shape index (κ2) is 2.48. The average Bonchev–Trinajstić information content (AvgIpc) is 2.55. The Morgan fingerprint density at radius 3 is 2.00 bits per heavy atom. The summed E-state index contributed by atoms with van der Waals surface area (Å²) < 4.78 is 35.7. The Kier molecular flexibility index (Phi) is 1.43. The van der Waals surface area contributed by atoms with Crippen molar-refractivity contribution in [3.63, 3.8) is 0 Å². The van der Waals surface area contributed by atoms with Crippen molar-refractivity contribution >= 4 is 34.8 Å². The molecule has 0 amide bonds. The first-order chi connectivity index (χ1) is 7.03. The van der Waals surface area contributed by atoms with Gasteiger partial charge in [-0.3, -0.25) is 0 Å². The summed E-state index contributed by atoms with van der Waals surface area (Å²) in [7, 11) is 0. The van der Waals surface area contributed by atoms with Crippen LogP contribution in [0.25, 0.3) is 11.2 Å². The van der Waals surface area contributed by atoms with E-state index in [2.05, 4.69) is 12.2 Å². The molecule has 4 nitrogen and oxygen atoms in total. The molecule has 2 heterocycles. The van der Waals surface area contributed by atoms with E-state index in [4.69, 9.17) is 8.83 Å². The third-order valence-electron chi connectivity index (χ3n) is 2.05. The standard InChI is InChI=1S/C8H4F2N2O2S/c9-8(10)11-3-1-5-6(2-4(3)12-8)14-7(15)13-5/h1-2,11-12H. The zero-order valence-electron chi connectivity index (χ0n) is 7.14. The van der Waals surface area contributed by atoms with Gasteiger partial charge in [-0.1, -0.05) is 0 Å². The van der Waals surface area contributed by atoms with Crippen LogP contribution in [0.4, 0.5) is 20.2 Å². The van der Waals surface area contributed by atoms with Gasteiger partial charge in [0.05, 0.1) is 11.4 Å². The lowest BCUT2D eigenvalue weighted by atomic mass is 10.2. The Morgan fingerprint density at radius 2 is 1.53 bits per heavy atom. The largest absolute Gasteiger partial charge is 0.413 e. The van der Waals surface area contributed by atoms with Crippen LogP contribution in [0.1, 0.15) is 0 Å². The smallest absolute Gasteiger partial charge is 0.409 e. The topological polar surface area (TPSA) is 50.3 Å². The zero-order valence-corrected chi connectivity index (χ0v) is 7.95. The van der Waals surface area contributed by atoms with Crippen LogP contribution in [0.15, 0.2) is 21.0 Å². The van der Waals surface area contributed by atoms with E-state index in [-0.39, 0.29) is 16.3 Å². The number of halogens is 2. The monoisotopic (exact) mass is 230 g/mol. The third kappa shape index (κ3) is 1.27. The van der Waals surface area contributed by atoms with Crippen molar-refractivity contribution in [3.05, 3.63) is 17.0 Å². The van der Waals surface area contributed by atoms with Gasteiger partial charge in [-0.15, -0.1) is 0 Å². The van der Waals surface area contributed by atoms with Crippen LogP contribution in [-0.2, 0) is 0 Å². The van der Waals surface area contributed by atoms with Crippen LogP contribution in [0, 0.1) is 4.90 Å². The number of anilines is 2. The van der Waals surface area contributed by atoms with Crippen LogP contribution in [0.2, 0.25) is 0 Å². The quantitative estimate of drug-likeness (QED) is 0.537. The summed E-state index contributed by atoms with van der Waals surface area (Å²) in [6.07, 6.45) is -3.14. The van der Waals surface area contributed by atoms with Gasteiger partial charge in [-0.2, -0.15) is 8.78 Å². The van der Waals surface area contributed by atoms with Crippen molar-refractivity contribution in [3.8, 4) is 0 Å². The fraction of sp³-hybridized carbons (Fsp3) is 0.125. The first kappa shape index (κ1) is 8.66. The summed E-state index contributed by atoms with van der Waals surface area (Å²) >= 11 is 4.68. The number of fused-ring (bicyclic) bond motifs is 2. The minimum Gasteiger partial charge on any atom is -0.413 e. The summed E-state index contributed by atoms with van der Waals surface area (Å²) in [4.78, 5) is -0.0274. The molecule has 7 heteroatoms. The van der Waals surface area contributed by atoms with Gasteiger partial charge in [0.25, 0.3) is 0 Å². The van der Waals surface area contributed by atoms with Crippen LogP contribution in [-0.4, -0.2) is 6.17 Å². The van der Waals surface area contributed by atoms with Crippen molar-refractivity contribution in [2.24, 2.45) is 0 Å². The molecule has 1 aliphatic rings. The molecule has 1 aromatic carbocycles. The SMILES string of the molecule is FC1(F)Nc2cc3oc(=S)oc3cc2N1. The second-order valence-corrected chi connectivity index (χ2v) is 3.46. The molecule has 78 valence electrons. The number of benzene rings is 1. The van der Waals surface area contributed by atoms with Crippen molar-refractivity contribution < 1.29 is 17.6 Å². The highest BCUT2D eigenvalue weighted by Crippen LogP contribution is 2.38. The molecule has 1 aromatic heterocycles. The molecule has 0 spiro atoms. The molecule has 0 saturated carbocycles. The molecular formula is C8H4F2N2O2S. The van der Waals surface area contributed by atoms with Gasteiger partial charge in [-0.05, 0) is 0 Å². The summed E-state index contributed by atoms with van der Waals surface area (Å²) in [5.41, 5.74) is 1.19. The molecule has 0 fully saturated rings. The maximum Gasteiger partial charge on any atom is 0.409 e.